The first kappa shape index (κ1) is 14.6. The summed E-state index contributed by atoms with van der Waals surface area (Å²) in [6.45, 7) is 3.69. The maximum Gasteiger partial charge on any atom is 0.316 e. The Morgan fingerprint density at radius 1 is 1.33 bits per heavy atom. The van der Waals surface area contributed by atoms with Crippen LogP contribution in [0, 0.1) is 5.41 Å². The molecule has 0 aromatic heterocycles. The van der Waals surface area contributed by atoms with E-state index < -0.39 is 8.25 Å². The molecule has 0 saturated heterocycles. The van der Waals surface area contributed by atoms with Crippen molar-refractivity contribution in [3.05, 3.63) is 0 Å². The van der Waals surface area contributed by atoms with Gasteiger partial charge in [-0.25, -0.2) is 0 Å². The molecule has 0 bridgehead atoms. The second kappa shape index (κ2) is 7.71. The maximum absolute atomic E-state index is 9.33. The van der Waals surface area contributed by atoms with E-state index in [4.69, 9.17) is 15.1 Å². The highest BCUT2D eigenvalue weighted by Gasteiger charge is 2.13. The Kier molecular flexibility index (Phi) is 9.37. The second-order valence-electron chi connectivity index (χ2n) is 2.95. The summed E-state index contributed by atoms with van der Waals surface area (Å²) in [5.74, 6) is 0. The SMILES string of the molecule is CC(C)(CO)CO.CO[PH](=O)O. The molecule has 0 rings (SSSR count). The highest BCUT2D eigenvalue weighted by molar-refractivity contribution is 7.32. The van der Waals surface area contributed by atoms with Crippen molar-refractivity contribution < 1.29 is 24.2 Å². The van der Waals surface area contributed by atoms with Crippen molar-refractivity contribution in [2.24, 2.45) is 5.41 Å². The lowest BCUT2D eigenvalue weighted by Gasteiger charge is -2.16. The lowest BCUT2D eigenvalue weighted by atomic mass is 9.97. The first-order valence-corrected chi connectivity index (χ1v) is 4.64. The summed E-state index contributed by atoms with van der Waals surface area (Å²) >= 11 is 0. The molecule has 0 spiro atoms. The summed E-state index contributed by atoms with van der Waals surface area (Å²) in [7, 11) is -1.44. The van der Waals surface area contributed by atoms with Gasteiger partial charge in [0, 0.05) is 12.5 Å². The third-order valence-corrected chi connectivity index (χ3v) is 1.38. The van der Waals surface area contributed by atoms with Gasteiger partial charge < -0.3 is 19.6 Å². The van der Waals surface area contributed by atoms with E-state index in [9.17, 15) is 4.57 Å². The van der Waals surface area contributed by atoms with E-state index in [1.807, 2.05) is 0 Å². The minimum atomic E-state index is -2.62. The molecule has 0 amide bonds. The zero-order valence-electron chi connectivity index (χ0n) is 7.57. The fraction of sp³-hybridized carbons (Fsp3) is 1.00. The Hall–Kier alpha value is 0.0700. The van der Waals surface area contributed by atoms with E-state index in [-0.39, 0.29) is 18.6 Å². The van der Waals surface area contributed by atoms with Crippen molar-refractivity contribution in [3.63, 3.8) is 0 Å². The molecular weight excluding hydrogens is 183 g/mol. The predicted molar refractivity (Wildman–Crippen MR) is 46.2 cm³/mol. The Morgan fingerprint density at radius 3 is 1.58 bits per heavy atom. The fourth-order valence-electron chi connectivity index (χ4n) is 0.0500. The molecule has 0 heterocycles. The maximum atomic E-state index is 9.33. The normalized spacial score (nSPS) is 13.2. The molecule has 0 fully saturated rings. The summed E-state index contributed by atoms with van der Waals surface area (Å²) in [5.41, 5.74) is -0.306. The van der Waals surface area contributed by atoms with E-state index in [0.717, 1.165) is 0 Å². The van der Waals surface area contributed by atoms with Crippen LogP contribution in [0.15, 0.2) is 0 Å². The van der Waals surface area contributed by atoms with Crippen LogP contribution in [0.4, 0.5) is 0 Å². The molecule has 0 radical (unpaired) electrons. The summed E-state index contributed by atoms with van der Waals surface area (Å²) in [5, 5.41) is 16.9. The first-order chi connectivity index (χ1) is 5.39. The molecule has 0 aliphatic rings. The van der Waals surface area contributed by atoms with Crippen LogP contribution >= 0.6 is 8.25 Å². The summed E-state index contributed by atoms with van der Waals surface area (Å²) in [6, 6.07) is 0. The standard InChI is InChI=1S/C5H12O2.CH5O3P/c1-5(2,3-6)4-7;1-4-5(2)3/h6-7H,3-4H2,1-2H3;5H,1H3,(H,2,3). The molecule has 3 N–H and O–H groups in total. The van der Waals surface area contributed by atoms with Crippen LogP contribution in [-0.2, 0) is 9.09 Å². The van der Waals surface area contributed by atoms with Gasteiger partial charge in [0.05, 0.1) is 13.2 Å². The topological polar surface area (TPSA) is 87.0 Å². The largest absolute Gasteiger partial charge is 0.396 e. The van der Waals surface area contributed by atoms with Crippen LogP contribution < -0.4 is 0 Å². The van der Waals surface area contributed by atoms with Crippen LogP contribution in [-0.4, -0.2) is 35.4 Å². The molecule has 1 atom stereocenters. The van der Waals surface area contributed by atoms with Gasteiger partial charge in [0.25, 0.3) is 0 Å². The predicted octanol–water partition coefficient (Wildman–Crippen LogP) is 0.0120. The molecule has 12 heavy (non-hydrogen) atoms. The van der Waals surface area contributed by atoms with Crippen molar-refractivity contribution >= 4 is 8.25 Å². The van der Waals surface area contributed by atoms with Crippen molar-refractivity contribution in [2.75, 3.05) is 20.3 Å². The van der Waals surface area contributed by atoms with Gasteiger partial charge in [-0.3, -0.25) is 4.57 Å². The van der Waals surface area contributed by atoms with Gasteiger partial charge in [-0.15, -0.1) is 0 Å². The Morgan fingerprint density at radius 2 is 1.58 bits per heavy atom. The number of rotatable bonds is 3. The summed E-state index contributed by atoms with van der Waals surface area (Å²) < 4.78 is 13.2. The van der Waals surface area contributed by atoms with Crippen molar-refractivity contribution in [2.45, 2.75) is 13.8 Å². The summed E-state index contributed by atoms with van der Waals surface area (Å²) in [6.07, 6.45) is 0. The van der Waals surface area contributed by atoms with Gasteiger partial charge in [0.2, 0.25) is 0 Å². The lowest BCUT2D eigenvalue weighted by Crippen LogP contribution is -2.20. The minimum absolute atomic E-state index is 0.0451. The Balaban J connectivity index is 0. The molecule has 0 aromatic rings. The fourth-order valence-corrected chi connectivity index (χ4v) is 0.0500. The molecular formula is C6H17O5P. The third kappa shape index (κ3) is 12.7. The van der Waals surface area contributed by atoms with E-state index in [2.05, 4.69) is 4.52 Å². The molecule has 76 valence electrons. The lowest BCUT2D eigenvalue weighted by molar-refractivity contribution is 0.0857. The molecule has 1 unspecified atom stereocenters. The van der Waals surface area contributed by atoms with Crippen LogP contribution in [0.25, 0.3) is 0 Å². The van der Waals surface area contributed by atoms with Gasteiger partial charge in [0.1, 0.15) is 0 Å². The number of aliphatic hydroxyl groups excluding tert-OH is 2. The monoisotopic (exact) mass is 200 g/mol. The summed E-state index contributed by atoms with van der Waals surface area (Å²) in [4.78, 5) is 7.69. The quantitative estimate of drug-likeness (QED) is 0.559. The number of hydrogen-bond donors (Lipinski definition) is 3. The zero-order valence-corrected chi connectivity index (χ0v) is 8.57. The Bertz CT molecular complexity index is 119. The average molecular weight is 200 g/mol. The Labute approximate surface area is 72.9 Å². The molecule has 0 aliphatic carbocycles. The van der Waals surface area contributed by atoms with Crippen LogP contribution in [0.2, 0.25) is 0 Å². The molecule has 0 saturated carbocycles. The third-order valence-electron chi connectivity index (χ3n) is 1.03. The number of hydrogen-bond acceptors (Lipinski definition) is 4. The number of aliphatic hydroxyl groups is 2. The highest BCUT2D eigenvalue weighted by atomic mass is 31.1. The van der Waals surface area contributed by atoms with E-state index in [0.29, 0.717) is 0 Å². The smallest absolute Gasteiger partial charge is 0.316 e. The van der Waals surface area contributed by atoms with Crippen molar-refractivity contribution in [1.29, 1.82) is 0 Å². The van der Waals surface area contributed by atoms with Crippen LogP contribution in [0.3, 0.4) is 0 Å². The first-order valence-electron chi connectivity index (χ1n) is 3.38. The minimum Gasteiger partial charge on any atom is -0.396 e. The van der Waals surface area contributed by atoms with E-state index >= 15 is 0 Å². The van der Waals surface area contributed by atoms with Gasteiger partial charge in [-0.05, 0) is 0 Å². The van der Waals surface area contributed by atoms with E-state index in [1.54, 1.807) is 13.8 Å². The molecule has 5 nitrogen and oxygen atoms in total. The molecule has 0 aromatic carbocycles. The average Bonchev–Trinajstić information content (AvgIpc) is 2.05. The van der Waals surface area contributed by atoms with Crippen LogP contribution in [0.1, 0.15) is 13.8 Å². The van der Waals surface area contributed by atoms with Gasteiger partial charge in [-0.1, -0.05) is 13.8 Å². The van der Waals surface area contributed by atoms with Gasteiger partial charge >= 0.3 is 8.25 Å². The zero-order chi connectivity index (χ0) is 10.2. The van der Waals surface area contributed by atoms with Crippen LogP contribution in [0.5, 0.6) is 0 Å². The second-order valence-corrected chi connectivity index (χ2v) is 3.89. The molecule has 0 aliphatic heterocycles. The highest BCUT2D eigenvalue weighted by Crippen LogP contribution is 2.10. The van der Waals surface area contributed by atoms with Crippen molar-refractivity contribution in [1.82, 2.24) is 0 Å². The van der Waals surface area contributed by atoms with Gasteiger partial charge in [-0.2, -0.15) is 0 Å². The van der Waals surface area contributed by atoms with E-state index in [1.165, 1.54) is 7.11 Å². The van der Waals surface area contributed by atoms with Crippen molar-refractivity contribution in [3.8, 4) is 0 Å². The molecule has 6 heteroatoms. The van der Waals surface area contributed by atoms with Gasteiger partial charge in [0.15, 0.2) is 0 Å².